The van der Waals surface area contributed by atoms with Crippen LogP contribution < -0.4 is 10.5 Å². The predicted octanol–water partition coefficient (Wildman–Crippen LogP) is 3.31. The van der Waals surface area contributed by atoms with Crippen molar-refractivity contribution >= 4 is 21.6 Å². The largest absolute Gasteiger partial charge is 0.487 e. The van der Waals surface area contributed by atoms with Gasteiger partial charge in [0, 0.05) is 21.9 Å². The second kappa shape index (κ2) is 5.19. The van der Waals surface area contributed by atoms with Gasteiger partial charge in [-0.25, -0.2) is 0 Å². The third kappa shape index (κ3) is 2.77. The molecule has 0 amide bonds. The number of benzene rings is 1. The predicted molar refractivity (Wildman–Crippen MR) is 71.9 cm³/mol. The molecule has 0 spiro atoms. The minimum Gasteiger partial charge on any atom is -0.487 e. The van der Waals surface area contributed by atoms with Crippen LogP contribution in [0.25, 0.3) is 0 Å². The first-order valence-electron chi connectivity index (χ1n) is 5.26. The highest BCUT2D eigenvalue weighted by atomic mass is 79.9. The number of halogens is 1. The molecule has 0 bridgehead atoms. The van der Waals surface area contributed by atoms with Crippen molar-refractivity contribution in [2.24, 2.45) is 0 Å². The van der Waals surface area contributed by atoms with Crippen LogP contribution >= 0.6 is 15.9 Å². The number of nitrogens with zero attached hydrogens (tertiary/aromatic N) is 1. The Hall–Kier alpha value is -1.55. The van der Waals surface area contributed by atoms with Crippen molar-refractivity contribution < 1.29 is 4.74 Å². The maximum Gasteiger partial charge on any atom is 0.141 e. The number of nitrogen functional groups attached to an aromatic ring is 1. The van der Waals surface area contributed by atoms with Gasteiger partial charge in [-0.05, 0) is 31.2 Å². The second-order valence-corrected chi connectivity index (χ2v) is 4.54. The number of ether oxygens (including phenoxy) is 1. The number of rotatable bonds is 3. The molecule has 0 atom stereocenters. The first kappa shape index (κ1) is 11.9. The van der Waals surface area contributed by atoms with E-state index in [2.05, 4.69) is 20.9 Å². The van der Waals surface area contributed by atoms with Crippen LogP contribution in [0, 0.1) is 6.92 Å². The Morgan fingerprint density at radius 1 is 1.29 bits per heavy atom. The number of pyridine rings is 1. The Balaban J connectivity index is 2.16. The van der Waals surface area contributed by atoms with Crippen molar-refractivity contribution in [1.29, 1.82) is 0 Å². The van der Waals surface area contributed by atoms with Crippen LogP contribution in [-0.4, -0.2) is 4.98 Å². The van der Waals surface area contributed by atoms with Crippen LogP contribution in [0.4, 0.5) is 5.69 Å². The van der Waals surface area contributed by atoms with E-state index in [-0.39, 0.29) is 0 Å². The van der Waals surface area contributed by atoms with E-state index in [0.717, 1.165) is 27.2 Å². The first-order chi connectivity index (χ1) is 8.18. The fourth-order valence-corrected chi connectivity index (χ4v) is 2.00. The molecule has 0 saturated carbocycles. The smallest absolute Gasteiger partial charge is 0.141 e. The maximum absolute atomic E-state index is 5.90. The first-order valence-corrected chi connectivity index (χ1v) is 6.05. The molecule has 0 aliphatic carbocycles. The van der Waals surface area contributed by atoms with E-state index in [0.29, 0.717) is 6.61 Å². The summed E-state index contributed by atoms with van der Waals surface area (Å²) in [5.41, 5.74) is 8.45. The molecule has 0 fully saturated rings. The minimum atomic E-state index is 0.430. The van der Waals surface area contributed by atoms with Gasteiger partial charge in [-0.2, -0.15) is 0 Å². The number of hydrogen-bond donors (Lipinski definition) is 1. The lowest BCUT2D eigenvalue weighted by molar-refractivity contribution is 0.302. The second-order valence-electron chi connectivity index (χ2n) is 3.68. The van der Waals surface area contributed by atoms with Crippen molar-refractivity contribution in [3.05, 3.63) is 52.3 Å². The fourth-order valence-electron chi connectivity index (χ4n) is 1.50. The van der Waals surface area contributed by atoms with Gasteiger partial charge in [-0.3, -0.25) is 4.98 Å². The van der Waals surface area contributed by atoms with E-state index in [1.165, 1.54) is 0 Å². The monoisotopic (exact) mass is 292 g/mol. The van der Waals surface area contributed by atoms with Crippen molar-refractivity contribution in [2.45, 2.75) is 13.5 Å². The molecular weight excluding hydrogens is 280 g/mol. The van der Waals surface area contributed by atoms with Crippen LogP contribution in [0.2, 0.25) is 0 Å². The molecule has 4 heteroatoms. The van der Waals surface area contributed by atoms with Gasteiger partial charge in [0.2, 0.25) is 0 Å². The molecule has 17 heavy (non-hydrogen) atoms. The summed E-state index contributed by atoms with van der Waals surface area (Å²) in [6, 6.07) is 9.46. The number of anilines is 1. The number of aryl methyl sites for hydroxylation is 1. The van der Waals surface area contributed by atoms with Gasteiger partial charge in [0.15, 0.2) is 0 Å². The summed E-state index contributed by atoms with van der Waals surface area (Å²) in [4.78, 5) is 4.17. The average Bonchev–Trinajstić information content (AvgIpc) is 2.30. The molecule has 2 aromatic rings. The molecule has 1 heterocycles. The van der Waals surface area contributed by atoms with Crippen molar-refractivity contribution in [3.63, 3.8) is 0 Å². The van der Waals surface area contributed by atoms with Gasteiger partial charge in [0.1, 0.15) is 12.4 Å². The van der Waals surface area contributed by atoms with Gasteiger partial charge in [-0.1, -0.05) is 22.0 Å². The SMILES string of the molecule is Cc1ncccc1OCc1c(N)cccc1Br. The lowest BCUT2D eigenvalue weighted by Crippen LogP contribution is -2.02. The maximum atomic E-state index is 5.90. The molecule has 88 valence electrons. The molecule has 2 rings (SSSR count). The highest BCUT2D eigenvalue weighted by Crippen LogP contribution is 2.24. The lowest BCUT2D eigenvalue weighted by Gasteiger charge is -2.11. The van der Waals surface area contributed by atoms with Crippen LogP contribution in [0.5, 0.6) is 5.75 Å². The number of hydrogen-bond acceptors (Lipinski definition) is 3. The molecule has 3 nitrogen and oxygen atoms in total. The topological polar surface area (TPSA) is 48.1 Å². The number of nitrogens with two attached hydrogens (primary N) is 1. The Bertz CT molecular complexity index is 508. The Labute approximate surface area is 109 Å². The molecular formula is C13H13BrN2O. The van der Waals surface area contributed by atoms with Crippen molar-refractivity contribution in [1.82, 2.24) is 4.98 Å². The molecule has 0 unspecified atom stereocenters. The summed E-state index contributed by atoms with van der Waals surface area (Å²) < 4.78 is 6.67. The van der Waals surface area contributed by atoms with Gasteiger partial charge >= 0.3 is 0 Å². The van der Waals surface area contributed by atoms with Crippen LogP contribution in [0.3, 0.4) is 0 Å². The van der Waals surface area contributed by atoms with E-state index in [4.69, 9.17) is 10.5 Å². The Morgan fingerprint density at radius 3 is 2.82 bits per heavy atom. The summed E-state index contributed by atoms with van der Waals surface area (Å²) in [6.07, 6.45) is 1.75. The standard InChI is InChI=1S/C13H13BrN2O/c1-9-13(6-3-7-16-9)17-8-10-11(14)4-2-5-12(10)15/h2-7H,8,15H2,1H3. The van der Waals surface area contributed by atoms with E-state index >= 15 is 0 Å². The van der Waals surface area contributed by atoms with E-state index in [9.17, 15) is 0 Å². The Kier molecular flexibility index (Phi) is 3.64. The summed E-state index contributed by atoms with van der Waals surface area (Å²) >= 11 is 3.46. The van der Waals surface area contributed by atoms with Crippen molar-refractivity contribution in [3.8, 4) is 5.75 Å². The fraction of sp³-hybridized carbons (Fsp3) is 0.154. The van der Waals surface area contributed by atoms with Crippen LogP contribution in [0.1, 0.15) is 11.3 Å². The minimum absolute atomic E-state index is 0.430. The molecule has 1 aromatic heterocycles. The molecule has 0 aliphatic rings. The zero-order chi connectivity index (χ0) is 12.3. The summed E-state index contributed by atoms with van der Waals surface area (Å²) in [5, 5.41) is 0. The van der Waals surface area contributed by atoms with Gasteiger partial charge in [0.25, 0.3) is 0 Å². The average molecular weight is 293 g/mol. The van der Waals surface area contributed by atoms with E-state index in [1.807, 2.05) is 37.3 Å². The zero-order valence-corrected chi connectivity index (χ0v) is 11.1. The molecule has 0 aliphatic heterocycles. The zero-order valence-electron chi connectivity index (χ0n) is 9.48. The van der Waals surface area contributed by atoms with Gasteiger partial charge in [-0.15, -0.1) is 0 Å². The third-order valence-electron chi connectivity index (χ3n) is 2.49. The highest BCUT2D eigenvalue weighted by molar-refractivity contribution is 9.10. The van der Waals surface area contributed by atoms with Crippen LogP contribution in [0.15, 0.2) is 41.0 Å². The summed E-state index contributed by atoms with van der Waals surface area (Å²) in [6.45, 7) is 2.35. The van der Waals surface area contributed by atoms with E-state index in [1.54, 1.807) is 6.20 Å². The normalized spacial score (nSPS) is 10.2. The summed E-state index contributed by atoms with van der Waals surface area (Å²) in [7, 11) is 0. The van der Waals surface area contributed by atoms with Gasteiger partial charge < -0.3 is 10.5 Å². The highest BCUT2D eigenvalue weighted by Gasteiger charge is 2.06. The third-order valence-corrected chi connectivity index (χ3v) is 3.23. The lowest BCUT2D eigenvalue weighted by atomic mass is 10.2. The van der Waals surface area contributed by atoms with Crippen LogP contribution in [-0.2, 0) is 6.61 Å². The van der Waals surface area contributed by atoms with Gasteiger partial charge in [0.05, 0.1) is 5.69 Å². The quantitative estimate of drug-likeness (QED) is 0.883. The molecule has 2 N–H and O–H groups in total. The molecule has 0 radical (unpaired) electrons. The van der Waals surface area contributed by atoms with Crippen molar-refractivity contribution in [2.75, 3.05) is 5.73 Å². The number of aromatic nitrogens is 1. The summed E-state index contributed by atoms with van der Waals surface area (Å²) in [5.74, 6) is 0.780. The molecule has 0 saturated heterocycles. The van der Waals surface area contributed by atoms with E-state index < -0.39 is 0 Å². The molecule has 1 aromatic carbocycles. The Morgan fingerprint density at radius 2 is 2.12 bits per heavy atom.